The monoisotopic (exact) mass is 290 g/mol. The van der Waals surface area contributed by atoms with Crippen LogP contribution in [0.5, 0.6) is 0 Å². The van der Waals surface area contributed by atoms with Crippen molar-refractivity contribution in [2.75, 3.05) is 13.1 Å². The lowest BCUT2D eigenvalue weighted by atomic mass is 10.1. The molecule has 88 valence electrons. The molecule has 1 aromatic rings. The Morgan fingerprint density at radius 1 is 1.44 bits per heavy atom. The van der Waals surface area contributed by atoms with Crippen LogP contribution in [0.15, 0.2) is 22.8 Å². The minimum Gasteiger partial charge on any atom is -0.292 e. The number of hydrogen-bond donors (Lipinski definition) is 0. The fourth-order valence-electron chi connectivity index (χ4n) is 1.95. The predicted molar refractivity (Wildman–Crippen MR) is 61.4 cm³/mol. The van der Waals surface area contributed by atoms with Gasteiger partial charge in [0.1, 0.15) is 4.60 Å². The van der Waals surface area contributed by atoms with E-state index in [4.69, 9.17) is 0 Å². The third-order valence-corrected chi connectivity index (χ3v) is 3.07. The fraction of sp³-hybridized carbons (Fsp3) is 0.545. The Morgan fingerprint density at radius 2 is 2.25 bits per heavy atom. The van der Waals surface area contributed by atoms with Crippen molar-refractivity contribution in [1.29, 1.82) is 0 Å². The number of aromatic nitrogens is 1. The van der Waals surface area contributed by atoms with Crippen LogP contribution in [0.4, 0.5) is 8.78 Å². The number of pyridine rings is 1. The first-order valence-corrected chi connectivity index (χ1v) is 6.06. The highest BCUT2D eigenvalue weighted by atomic mass is 79.9. The van der Waals surface area contributed by atoms with Crippen LogP contribution in [0.3, 0.4) is 0 Å². The maximum absolute atomic E-state index is 13.2. The van der Waals surface area contributed by atoms with Crippen LogP contribution in [-0.4, -0.2) is 28.9 Å². The quantitative estimate of drug-likeness (QED) is 0.778. The van der Waals surface area contributed by atoms with E-state index in [1.54, 1.807) is 4.90 Å². The van der Waals surface area contributed by atoms with Crippen LogP contribution in [0.25, 0.3) is 0 Å². The maximum Gasteiger partial charge on any atom is 0.260 e. The molecule has 1 saturated heterocycles. The van der Waals surface area contributed by atoms with Crippen LogP contribution >= 0.6 is 15.9 Å². The van der Waals surface area contributed by atoms with E-state index >= 15 is 0 Å². The summed E-state index contributed by atoms with van der Waals surface area (Å²) in [5.74, 6) is -2.54. The molecule has 0 spiro atoms. The van der Waals surface area contributed by atoms with Crippen molar-refractivity contribution < 1.29 is 8.78 Å². The number of nitrogens with zero attached hydrogens (tertiary/aromatic N) is 2. The Morgan fingerprint density at radius 3 is 2.94 bits per heavy atom. The molecule has 0 unspecified atom stereocenters. The molecule has 1 aliphatic heterocycles. The second kappa shape index (κ2) is 4.75. The third-order valence-electron chi connectivity index (χ3n) is 2.63. The van der Waals surface area contributed by atoms with Gasteiger partial charge in [0.25, 0.3) is 5.92 Å². The largest absolute Gasteiger partial charge is 0.292 e. The Hall–Kier alpha value is -0.550. The molecule has 5 heteroatoms. The lowest BCUT2D eigenvalue weighted by molar-refractivity contribution is -0.0663. The molecule has 0 atom stereocenters. The van der Waals surface area contributed by atoms with Gasteiger partial charge in [-0.25, -0.2) is 13.8 Å². The van der Waals surface area contributed by atoms with E-state index in [9.17, 15) is 8.78 Å². The smallest absolute Gasteiger partial charge is 0.260 e. The molecule has 0 aromatic carbocycles. The van der Waals surface area contributed by atoms with Gasteiger partial charge < -0.3 is 0 Å². The molecule has 1 aromatic heterocycles. The molecule has 16 heavy (non-hydrogen) atoms. The van der Waals surface area contributed by atoms with E-state index in [1.807, 2.05) is 18.2 Å². The van der Waals surface area contributed by atoms with Gasteiger partial charge in [-0.3, -0.25) is 4.90 Å². The van der Waals surface area contributed by atoms with Crippen molar-refractivity contribution in [2.24, 2.45) is 0 Å². The average molecular weight is 291 g/mol. The van der Waals surface area contributed by atoms with Crippen LogP contribution in [-0.2, 0) is 6.54 Å². The molecule has 0 radical (unpaired) electrons. The van der Waals surface area contributed by atoms with Gasteiger partial charge in [0.05, 0.1) is 12.2 Å². The zero-order valence-corrected chi connectivity index (χ0v) is 10.4. The van der Waals surface area contributed by atoms with E-state index < -0.39 is 5.92 Å². The lowest BCUT2D eigenvalue weighted by Gasteiger charge is -2.32. The van der Waals surface area contributed by atoms with Crippen molar-refractivity contribution in [2.45, 2.75) is 25.3 Å². The second-order valence-electron chi connectivity index (χ2n) is 4.12. The van der Waals surface area contributed by atoms with Gasteiger partial charge in [0, 0.05) is 13.0 Å². The molecule has 0 bridgehead atoms. The molecule has 0 N–H and O–H groups in total. The number of piperidine rings is 1. The Bertz CT molecular complexity index is 371. The van der Waals surface area contributed by atoms with Crippen molar-refractivity contribution in [3.05, 3.63) is 28.5 Å². The van der Waals surface area contributed by atoms with E-state index in [0.717, 1.165) is 16.8 Å². The Kier molecular flexibility index (Phi) is 3.54. The fourth-order valence-corrected chi connectivity index (χ4v) is 2.33. The number of alkyl halides is 2. The molecular weight excluding hydrogens is 278 g/mol. The Labute approximate surface area is 102 Å². The van der Waals surface area contributed by atoms with Crippen molar-refractivity contribution in [3.8, 4) is 0 Å². The summed E-state index contributed by atoms with van der Waals surface area (Å²) in [7, 11) is 0. The molecule has 2 heterocycles. The van der Waals surface area contributed by atoms with E-state index in [0.29, 0.717) is 13.0 Å². The van der Waals surface area contributed by atoms with E-state index in [2.05, 4.69) is 20.9 Å². The molecule has 2 nitrogen and oxygen atoms in total. The van der Waals surface area contributed by atoms with Crippen LogP contribution in [0.1, 0.15) is 18.5 Å². The second-order valence-corrected chi connectivity index (χ2v) is 4.93. The van der Waals surface area contributed by atoms with Gasteiger partial charge in [-0.2, -0.15) is 0 Å². The van der Waals surface area contributed by atoms with Crippen LogP contribution in [0.2, 0.25) is 0 Å². The molecule has 0 amide bonds. The highest BCUT2D eigenvalue weighted by molar-refractivity contribution is 9.10. The van der Waals surface area contributed by atoms with Crippen LogP contribution in [0, 0.1) is 0 Å². The van der Waals surface area contributed by atoms with Gasteiger partial charge >= 0.3 is 0 Å². The van der Waals surface area contributed by atoms with Gasteiger partial charge in [0.2, 0.25) is 0 Å². The number of likely N-dealkylation sites (tertiary alicyclic amines) is 1. The summed E-state index contributed by atoms with van der Waals surface area (Å²) in [6.07, 6.45) is 0.566. The van der Waals surface area contributed by atoms with Crippen LogP contribution < -0.4 is 0 Å². The molecule has 2 rings (SSSR count). The summed E-state index contributed by atoms with van der Waals surface area (Å²) in [5, 5.41) is 0. The number of rotatable bonds is 2. The van der Waals surface area contributed by atoms with Gasteiger partial charge in [-0.15, -0.1) is 0 Å². The summed E-state index contributed by atoms with van der Waals surface area (Å²) in [6.45, 7) is 1.07. The summed E-state index contributed by atoms with van der Waals surface area (Å²) in [5.41, 5.74) is 0.826. The van der Waals surface area contributed by atoms with Crippen molar-refractivity contribution >= 4 is 15.9 Å². The van der Waals surface area contributed by atoms with E-state index in [1.165, 1.54) is 0 Å². The topological polar surface area (TPSA) is 16.1 Å². The molecule has 0 saturated carbocycles. The Balaban J connectivity index is 1.99. The summed E-state index contributed by atoms with van der Waals surface area (Å²) >= 11 is 3.27. The predicted octanol–water partition coefficient (Wildman–Crippen LogP) is 3.08. The van der Waals surface area contributed by atoms with Crippen molar-refractivity contribution in [1.82, 2.24) is 9.88 Å². The summed E-state index contributed by atoms with van der Waals surface area (Å²) < 4.78 is 27.1. The standard InChI is InChI=1S/C11H13BrF2N2/c12-10-4-1-3-9(15-10)7-16-6-2-5-11(13,14)8-16/h1,3-4H,2,5-8H2. The number of halogens is 3. The highest BCUT2D eigenvalue weighted by Gasteiger charge is 2.34. The summed E-state index contributed by atoms with van der Waals surface area (Å²) in [6, 6.07) is 5.56. The minimum atomic E-state index is -2.54. The van der Waals surface area contributed by atoms with Gasteiger partial charge in [-0.1, -0.05) is 6.07 Å². The van der Waals surface area contributed by atoms with Gasteiger partial charge in [-0.05, 0) is 41.0 Å². The van der Waals surface area contributed by atoms with Gasteiger partial charge in [0.15, 0.2) is 0 Å². The minimum absolute atomic E-state index is 0.00934. The molecular formula is C11H13BrF2N2. The molecule has 1 fully saturated rings. The normalized spacial score (nSPS) is 20.9. The third kappa shape index (κ3) is 3.22. The maximum atomic E-state index is 13.2. The number of hydrogen-bond acceptors (Lipinski definition) is 2. The summed E-state index contributed by atoms with van der Waals surface area (Å²) in [4.78, 5) is 6.01. The van der Waals surface area contributed by atoms with Crippen molar-refractivity contribution in [3.63, 3.8) is 0 Å². The first-order chi connectivity index (χ1) is 7.55. The molecule has 1 aliphatic rings. The van der Waals surface area contributed by atoms with E-state index in [-0.39, 0.29) is 13.0 Å². The molecule has 0 aliphatic carbocycles. The highest BCUT2D eigenvalue weighted by Crippen LogP contribution is 2.27. The average Bonchev–Trinajstić information content (AvgIpc) is 2.15. The lowest BCUT2D eigenvalue weighted by Crippen LogP contribution is -2.42. The SMILES string of the molecule is FC1(F)CCCN(Cc2cccc(Br)n2)C1. The zero-order valence-electron chi connectivity index (χ0n) is 8.80. The zero-order chi connectivity index (χ0) is 11.6. The first-order valence-electron chi connectivity index (χ1n) is 5.27. The first kappa shape index (κ1) is 11.9.